The van der Waals surface area contributed by atoms with Crippen molar-refractivity contribution in [1.82, 2.24) is 14.3 Å². The Kier molecular flexibility index (Phi) is 6.96. The SMILES string of the molecule is Cc1ccccc1OC(=O)OC(C)OC(=O)C1=C(c2cn3cnc(S(C)(=O)=O)c3s2)[C@H](C)[C@@H]2[C@@H]([C@@H](C)O)C(=O)N12. The van der Waals surface area contributed by atoms with Crippen LogP contribution in [0.5, 0.6) is 5.75 Å². The predicted octanol–water partition coefficient (Wildman–Crippen LogP) is 2.78. The van der Waals surface area contributed by atoms with Crippen molar-refractivity contribution in [2.24, 2.45) is 11.8 Å². The van der Waals surface area contributed by atoms with Crippen molar-refractivity contribution in [3.05, 3.63) is 52.9 Å². The Balaban J connectivity index is 1.45. The fourth-order valence-electron chi connectivity index (χ4n) is 5.19. The van der Waals surface area contributed by atoms with Crippen molar-refractivity contribution < 1.29 is 42.1 Å². The zero-order chi connectivity index (χ0) is 29.1. The van der Waals surface area contributed by atoms with E-state index in [0.717, 1.165) is 17.6 Å². The third-order valence-electron chi connectivity index (χ3n) is 6.98. The lowest BCUT2D eigenvalue weighted by Crippen LogP contribution is -2.63. The molecule has 0 aliphatic carbocycles. The Hall–Kier alpha value is -3.75. The van der Waals surface area contributed by atoms with Crippen molar-refractivity contribution in [2.75, 3.05) is 6.26 Å². The maximum Gasteiger partial charge on any atom is 0.516 e. The molecular weight excluding hydrogens is 562 g/mol. The molecule has 0 radical (unpaired) electrons. The van der Waals surface area contributed by atoms with E-state index >= 15 is 0 Å². The molecule has 14 heteroatoms. The van der Waals surface area contributed by atoms with Gasteiger partial charge in [-0.05, 0) is 25.5 Å². The van der Waals surface area contributed by atoms with Gasteiger partial charge in [0.05, 0.1) is 22.9 Å². The van der Waals surface area contributed by atoms with Gasteiger partial charge in [0.25, 0.3) is 0 Å². The number of benzene rings is 1. The van der Waals surface area contributed by atoms with E-state index in [-0.39, 0.29) is 16.5 Å². The Morgan fingerprint density at radius 1 is 1.18 bits per heavy atom. The molecule has 0 saturated carbocycles. The van der Waals surface area contributed by atoms with Crippen LogP contribution in [0.2, 0.25) is 0 Å². The molecule has 12 nitrogen and oxygen atoms in total. The number of amides is 1. The van der Waals surface area contributed by atoms with Gasteiger partial charge in [-0.2, -0.15) is 0 Å². The second-order valence-corrected chi connectivity index (χ2v) is 12.8. The van der Waals surface area contributed by atoms with Crippen LogP contribution in [0.15, 0.2) is 47.5 Å². The number of imidazole rings is 1. The Bertz CT molecular complexity index is 1670. The first-order chi connectivity index (χ1) is 18.8. The van der Waals surface area contributed by atoms with Gasteiger partial charge >= 0.3 is 12.1 Å². The molecule has 5 atom stereocenters. The minimum absolute atomic E-state index is 0.0551. The van der Waals surface area contributed by atoms with Gasteiger partial charge < -0.3 is 24.2 Å². The van der Waals surface area contributed by atoms with E-state index in [1.807, 2.05) is 6.92 Å². The Labute approximate surface area is 233 Å². The van der Waals surface area contributed by atoms with Crippen molar-refractivity contribution in [2.45, 2.75) is 51.2 Å². The summed E-state index contributed by atoms with van der Waals surface area (Å²) in [6.07, 6.45) is 0.650. The number of sulfone groups is 1. The lowest BCUT2D eigenvalue weighted by molar-refractivity contribution is -0.172. The van der Waals surface area contributed by atoms with E-state index in [2.05, 4.69) is 4.98 Å². The third kappa shape index (κ3) is 4.65. The number of aromatic nitrogens is 2. The highest BCUT2D eigenvalue weighted by atomic mass is 32.2. The van der Waals surface area contributed by atoms with E-state index in [9.17, 15) is 27.9 Å². The molecule has 40 heavy (non-hydrogen) atoms. The Morgan fingerprint density at radius 3 is 2.52 bits per heavy atom. The largest absolute Gasteiger partial charge is 0.516 e. The number of para-hydroxylation sites is 1. The fraction of sp³-hybridized carbons (Fsp3) is 0.385. The summed E-state index contributed by atoms with van der Waals surface area (Å²) in [5.74, 6) is -2.20. The second-order valence-electron chi connectivity index (χ2n) is 9.85. The minimum Gasteiger partial charge on any atom is -0.421 e. The number of carbonyl (C=O) groups is 3. The second kappa shape index (κ2) is 10.0. The summed E-state index contributed by atoms with van der Waals surface area (Å²) in [7, 11) is -3.62. The number of hydrogen-bond acceptors (Lipinski definition) is 11. The van der Waals surface area contributed by atoms with E-state index in [1.54, 1.807) is 37.4 Å². The number of nitrogens with zero attached hydrogens (tertiary/aromatic N) is 3. The third-order valence-corrected chi connectivity index (χ3v) is 9.26. The number of esters is 1. The van der Waals surface area contributed by atoms with Crippen LogP contribution in [0.25, 0.3) is 10.4 Å². The predicted molar refractivity (Wildman–Crippen MR) is 142 cm³/mol. The summed E-state index contributed by atoms with van der Waals surface area (Å²) in [6.45, 7) is 6.42. The molecule has 2 aliphatic rings. The molecule has 4 heterocycles. The molecular formula is C26H27N3O9S2. The van der Waals surface area contributed by atoms with E-state index < -0.39 is 58.1 Å². The van der Waals surface area contributed by atoms with Gasteiger partial charge in [-0.3, -0.25) is 9.20 Å². The number of thiazole rings is 1. The number of aryl methyl sites for hydroxylation is 1. The molecule has 1 unspecified atom stereocenters. The molecule has 0 spiro atoms. The maximum absolute atomic E-state index is 13.5. The number of aliphatic hydroxyl groups is 1. The standard InChI is InChI=1S/C26H27N3O9S2/c1-12-8-6-7-9-16(12)38-26(33)37-15(4)36-25(32)21-18(13(2)20-19(14(3)30)23(31)29(20)21)17-10-28-11-27-22(24(28)39-17)40(5,34)35/h6-11,13-15,19-20,30H,1-5H3/t13-,14+,15?,19+,20+/m0/s1. The summed E-state index contributed by atoms with van der Waals surface area (Å²) in [5, 5.41) is 10.1. The van der Waals surface area contributed by atoms with Crippen molar-refractivity contribution in [1.29, 1.82) is 0 Å². The highest BCUT2D eigenvalue weighted by Crippen LogP contribution is 2.52. The summed E-state index contributed by atoms with van der Waals surface area (Å²) in [6, 6.07) is 6.30. The van der Waals surface area contributed by atoms with Crippen LogP contribution < -0.4 is 4.74 Å². The van der Waals surface area contributed by atoms with Crippen LogP contribution in [0.3, 0.4) is 0 Å². The smallest absolute Gasteiger partial charge is 0.421 e. The van der Waals surface area contributed by atoms with E-state index in [0.29, 0.717) is 20.8 Å². The van der Waals surface area contributed by atoms with Crippen LogP contribution in [0, 0.1) is 18.8 Å². The van der Waals surface area contributed by atoms with Crippen LogP contribution >= 0.6 is 11.3 Å². The van der Waals surface area contributed by atoms with Gasteiger partial charge in [0.2, 0.25) is 12.2 Å². The fourth-order valence-corrected chi connectivity index (χ4v) is 7.54. The molecule has 3 aromatic rings. The average Bonchev–Trinajstić information content (AvgIpc) is 3.49. The molecule has 2 aromatic heterocycles. The van der Waals surface area contributed by atoms with Gasteiger partial charge in [-0.15, -0.1) is 11.3 Å². The highest BCUT2D eigenvalue weighted by Gasteiger charge is 2.60. The molecule has 1 amide bonds. The molecule has 212 valence electrons. The number of ether oxygens (including phenoxy) is 3. The average molecular weight is 590 g/mol. The van der Waals surface area contributed by atoms with Gasteiger partial charge in [0.15, 0.2) is 14.9 Å². The first-order valence-electron chi connectivity index (χ1n) is 12.4. The number of fused-ring (bicyclic) bond motifs is 2. The molecule has 1 fully saturated rings. The van der Waals surface area contributed by atoms with Gasteiger partial charge in [-0.1, -0.05) is 25.1 Å². The molecule has 2 aliphatic heterocycles. The summed E-state index contributed by atoms with van der Waals surface area (Å²) >= 11 is 1.10. The molecule has 0 bridgehead atoms. The lowest BCUT2D eigenvalue weighted by Gasteiger charge is -2.46. The van der Waals surface area contributed by atoms with Crippen LogP contribution in [0.4, 0.5) is 4.79 Å². The molecule has 5 rings (SSSR count). The van der Waals surface area contributed by atoms with Crippen molar-refractivity contribution >= 4 is 49.6 Å². The van der Waals surface area contributed by atoms with Crippen LogP contribution in [-0.4, -0.2) is 70.5 Å². The maximum atomic E-state index is 13.5. The van der Waals surface area contributed by atoms with Crippen molar-refractivity contribution in [3.63, 3.8) is 0 Å². The van der Waals surface area contributed by atoms with Gasteiger partial charge in [-0.25, -0.2) is 23.0 Å². The van der Waals surface area contributed by atoms with Crippen LogP contribution in [-0.2, 0) is 28.9 Å². The monoisotopic (exact) mass is 589 g/mol. The number of carbonyl (C=O) groups excluding carboxylic acids is 3. The molecule has 1 saturated heterocycles. The zero-order valence-electron chi connectivity index (χ0n) is 22.2. The number of β-lactam (4-membered cyclic amide) rings is 1. The molecule has 1 aromatic carbocycles. The first-order valence-corrected chi connectivity index (χ1v) is 15.1. The number of hydrogen-bond donors (Lipinski definition) is 1. The van der Waals surface area contributed by atoms with Gasteiger partial charge in [0.1, 0.15) is 22.6 Å². The number of aliphatic hydroxyl groups excluding tert-OH is 1. The zero-order valence-corrected chi connectivity index (χ0v) is 23.9. The topological polar surface area (TPSA) is 154 Å². The lowest BCUT2D eigenvalue weighted by atomic mass is 9.77. The first kappa shape index (κ1) is 27.8. The van der Waals surface area contributed by atoms with E-state index in [1.165, 1.54) is 29.5 Å². The summed E-state index contributed by atoms with van der Waals surface area (Å²) in [4.78, 5) is 45.0. The summed E-state index contributed by atoms with van der Waals surface area (Å²) in [5.41, 5.74) is 1.10. The minimum atomic E-state index is -3.62. The van der Waals surface area contributed by atoms with E-state index in [4.69, 9.17) is 14.2 Å². The molecule has 1 N–H and O–H groups in total. The number of rotatable bonds is 7. The normalized spacial score (nSPS) is 22.1. The van der Waals surface area contributed by atoms with Crippen molar-refractivity contribution in [3.8, 4) is 5.75 Å². The van der Waals surface area contributed by atoms with Crippen LogP contribution in [0.1, 0.15) is 31.2 Å². The summed E-state index contributed by atoms with van der Waals surface area (Å²) < 4.78 is 41.7. The quantitative estimate of drug-likeness (QED) is 0.188. The van der Waals surface area contributed by atoms with Gasteiger partial charge in [0, 0.05) is 30.9 Å². The Morgan fingerprint density at radius 2 is 1.88 bits per heavy atom. The highest BCUT2D eigenvalue weighted by molar-refractivity contribution is 7.91.